The Balaban J connectivity index is 1.50. The number of hydrogen-bond donors (Lipinski definition) is 0. The van der Waals surface area contributed by atoms with E-state index in [1.54, 1.807) is 0 Å². The molecule has 0 unspecified atom stereocenters. The Morgan fingerprint density at radius 2 is 1.18 bits per heavy atom. The molecule has 0 saturated carbocycles. The van der Waals surface area contributed by atoms with Crippen LogP contribution in [0.25, 0.3) is 73.7 Å². The van der Waals surface area contributed by atoms with E-state index in [1.807, 2.05) is 85.1 Å². The highest BCUT2D eigenvalue weighted by Gasteiger charge is 2.27. The van der Waals surface area contributed by atoms with E-state index in [4.69, 9.17) is 19.9 Å². The van der Waals surface area contributed by atoms with Crippen molar-refractivity contribution >= 4 is 28.0 Å². The summed E-state index contributed by atoms with van der Waals surface area (Å²) in [6.07, 6.45) is 3.78. The van der Waals surface area contributed by atoms with Crippen molar-refractivity contribution in [2.75, 3.05) is 0 Å². The van der Waals surface area contributed by atoms with Crippen LogP contribution in [0.15, 0.2) is 140 Å². The summed E-state index contributed by atoms with van der Waals surface area (Å²) < 4.78 is 4.41. The van der Waals surface area contributed by atoms with Crippen molar-refractivity contribution in [3.8, 4) is 45.7 Å². The number of pyridine rings is 1. The van der Waals surface area contributed by atoms with Crippen LogP contribution >= 0.6 is 0 Å². The Kier molecular flexibility index (Phi) is 6.38. The Morgan fingerprint density at radius 3 is 1.82 bits per heavy atom. The van der Waals surface area contributed by atoms with E-state index in [2.05, 4.69) is 77.2 Å². The first kappa shape index (κ1) is 26.5. The molecule has 0 spiro atoms. The van der Waals surface area contributed by atoms with E-state index in [1.165, 1.54) is 0 Å². The van der Waals surface area contributed by atoms with Crippen molar-refractivity contribution in [1.82, 2.24) is 29.1 Å². The first-order chi connectivity index (χ1) is 22.2. The lowest BCUT2D eigenvalue weighted by Gasteiger charge is -2.14. The zero-order valence-electron chi connectivity index (χ0n) is 24.7. The lowest BCUT2D eigenvalue weighted by molar-refractivity contribution is 0.935. The highest BCUT2D eigenvalue weighted by Crippen LogP contribution is 2.43. The molecular formula is C39H28N6. The largest absolute Gasteiger partial charge is 0.309 e. The van der Waals surface area contributed by atoms with Gasteiger partial charge in [-0.05, 0) is 43.3 Å². The molecule has 6 nitrogen and oxygen atoms in total. The van der Waals surface area contributed by atoms with Gasteiger partial charge in [0.1, 0.15) is 0 Å². The van der Waals surface area contributed by atoms with Crippen LogP contribution in [0.4, 0.5) is 0 Å². The summed E-state index contributed by atoms with van der Waals surface area (Å²) >= 11 is 0. The second-order valence-corrected chi connectivity index (χ2v) is 10.8. The fourth-order valence-electron chi connectivity index (χ4n) is 6.23. The van der Waals surface area contributed by atoms with Crippen molar-refractivity contribution in [2.24, 2.45) is 0 Å². The van der Waals surface area contributed by atoms with Gasteiger partial charge in [-0.2, -0.15) is 9.97 Å². The fourth-order valence-corrected chi connectivity index (χ4v) is 6.23. The molecule has 0 fully saturated rings. The zero-order chi connectivity index (χ0) is 30.3. The minimum atomic E-state index is 0.523. The molecule has 0 bridgehead atoms. The van der Waals surface area contributed by atoms with Crippen molar-refractivity contribution in [1.29, 1.82) is 0 Å². The topological polar surface area (TPSA) is 61.4 Å². The molecule has 4 aromatic heterocycles. The van der Waals surface area contributed by atoms with E-state index >= 15 is 0 Å². The highest BCUT2D eigenvalue weighted by molar-refractivity contribution is 6.05. The predicted molar refractivity (Wildman–Crippen MR) is 182 cm³/mol. The van der Waals surface area contributed by atoms with Gasteiger partial charge < -0.3 is 4.57 Å². The van der Waals surface area contributed by atoms with Gasteiger partial charge in [-0.15, -0.1) is 0 Å². The summed E-state index contributed by atoms with van der Waals surface area (Å²) in [6.45, 7) is 6.43. The predicted octanol–water partition coefficient (Wildman–Crippen LogP) is 9.11. The Bertz CT molecular complexity index is 2280. The second-order valence-electron chi connectivity index (χ2n) is 10.8. The number of nitrogens with zero attached hydrogens (tertiary/aromatic N) is 6. The maximum Gasteiger partial charge on any atom is 0.238 e. The lowest BCUT2D eigenvalue weighted by atomic mass is 10.0. The molecule has 0 N–H and O–H groups in total. The van der Waals surface area contributed by atoms with Crippen LogP contribution in [0.1, 0.15) is 11.3 Å². The van der Waals surface area contributed by atoms with Crippen LogP contribution in [-0.4, -0.2) is 29.1 Å². The maximum atomic E-state index is 5.13. The lowest BCUT2D eigenvalue weighted by Crippen LogP contribution is -2.08. The molecule has 4 aromatic carbocycles. The van der Waals surface area contributed by atoms with Crippen molar-refractivity contribution in [3.63, 3.8) is 0 Å². The Hall–Kier alpha value is -6.14. The summed E-state index contributed by atoms with van der Waals surface area (Å²) in [5.41, 5.74) is 9.81. The molecular weight excluding hydrogens is 552 g/mol. The minimum Gasteiger partial charge on any atom is -0.309 e. The summed E-state index contributed by atoms with van der Waals surface area (Å²) in [7, 11) is 0. The number of aryl methyl sites for hydroxylation is 1. The van der Waals surface area contributed by atoms with Crippen LogP contribution in [0.3, 0.4) is 0 Å². The quantitative estimate of drug-likeness (QED) is 0.197. The van der Waals surface area contributed by atoms with E-state index in [0.717, 1.165) is 61.3 Å². The van der Waals surface area contributed by atoms with Crippen molar-refractivity contribution < 1.29 is 0 Å². The van der Waals surface area contributed by atoms with Crippen LogP contribution in [0, 0.1) is 6.92 Å². The minimum absolute atomic E-state index is 0.523. The van der Waals surface area contributed by atoms with Gasteiger partial charge in [0, 0.05) is 39.5 Å². The van der Waals surface area contributed by atoms with E-state index in [-0.39, 0.29) is 0 Å². The first-order valence-electron chi connectivity index (χ1n) is 14.9. The molecule has 214 valence electrons. The number of para-hydroxylation sites is 2. The van der Waals surface area contributed by atoms with E-state index in [0.29, 0.717) is 17.6 Å². The third-order valence-corrected chi connectivity index (χ3v) is 8.20. The molecule has 4 heterocycles. The summed E-state index contributed by atoms with van der Waals surface area (Å²) in [5.74, 6) is 1.73. The first-order valence-corrected chi connectivity index (χ1v) is 14.9. The van der Waals surface area contributed by atoms with Gasteiger partial charge >= 0.3 is 0 Å². The molecule has 0 aliphatic heterocycles. The molecule has 0 aliphatic carbocycles. The van der Waals surface area contributed by atoms with E-state index in [9.17, 15) is 0 Å². The third-order valence-electron chi connectivity index (χ3n) is 8.20. The molecule has 0 saturated heterocycles. The molecule has 6 heteroatoms. The number of hydrogen-bond acceptors (Lipinski definition) is 4. The average molecular weight is 581 g/mol. The van der Waals surface area contributed by atoms with Gasteiger partial charge in [-0.3, -0.25) is 9.55 Å². The monoisotopic (exact) mass is 580 g/mol. The molecule has 0 atom stereocenters. The number of benzene rings is 4. The SMILES string of the molecule is C=Cc1c(-c2c(C)c3ncccc3n2-c2nc(-c3ccccc3)nc(-c3ccccc3)n2)c2ccccc2n1-c1ccccc1. The maximum absolute atomic E-state index is 5.13. The number of aromatic nitrogens is 6. The molecule has 0 radical (unpaired) electrons. The van der Waals surface area contributed by atoms with Gasteiger partial charge in [-0.1, -0.05) is 104 Å². The molecule has 45 heavy (non-hydrogen) atoms. The normalized spacial score (nSPS) is 11.3. The standard InChI is InChI=1S/C39H28N6/c1-3-31-34(30-22-13-14-23-32(30)44(31)29-20-11-6-12-21-29)36-26(2)35-33(24-15-25-40-35)45(36)39-42-37(27-16-7-4-8-17-27)41-38(43-39)28-18-9-5-10-19-28/h3-25H,1H2,2H3. The van der Waals surface area contributed by atoms with Crippen molar-refractivity contribution in [2.45, 2.75) is 6.92 Å². The number of fused-ring (bicyclic) bond motifs is 2. The highest BCUT2D eigenvalue weighted by atomic mass is 15.2. The van der Waals surface area contributed by atoms with E-state index < -0.39 is 0 Å². The summed E-state index contributed by atoms with van der Waals surface area (Å²) in [5, 5.41) is 1.10. The zero-order valence-corrected chi connectivity index (χ0v) is 24.7. The molecule has 8 rings (SSSR count). The average Bonchev–Trinajstić information content (AvgIpc) is 3.60. The van der Waals surface area contributed by atoms with Gasteiger partial charge in [0.15, 0.2) is 11.6 Å². The fraction of sp³-hybridized carbons (Fsp3) is 0.0256. The van der Waals surface area contributed by atoms with Gasteiger partial charge in [0.25, 0.3) is 0 Å². The Morgan fingerprint density at radius 1 is 0.600 bits per heavy atom. The van der Waals surface area contributed by atoms with Crippen LogP contribution < -0.4 is 0 Å². The Labute approximate surface area is 260 Å². The molecule has 0 amide bonds. The van der Waals surface area contributed by atoms with Crippen LogP contribution in [-0.2, 0) is 0 Å². The summed E-state index contributed by atoms with van der Waals surface area (Å²) in [6, 6.07) is 43.0. The molecule has 8 aromatic rings. The van der Waals surface area contributed by atoms with Gasteiger partial charge in [-0.25, -0.2) is 4.98 Å². The third kappa shape index (κ3) is 4.34. The van der Waals surface area contributed by atoms with Crippen LogP contribution in [0.5, 0.6) is 0 Å². The van der Waals surface area contributed by atoms with Gasteiger partial charge in [0.2, 0.25) is 5.95 Å². The van der Waals surface area contributed by atoms with Crippen molar-refractivity contribution in [3.05, 3.63) is 151 Å². The summed E-state index contributed by atoms with van der Waals surface area (Å²) in [4.78, 5) is 20.1. The number of rotatable bonds is 6. The van der Waals surface area contributed by atoms with Gasteiger partial charge in [0.05, 0.1) is 27.9 Å². The molecule has 0 aliphatic rings. The smallest absolute Gasteiger partial charge is 0.238 e. The van der Waals surface area contributed by atoms with Crippen LogP contribution in [0.2, 0.25) is 0 Å². The second kappa shape index (κ2) is 10.8.